The summed E-state index contributed by atoms with van der Waals surface area (Å²) in [4.78, 5) is 9.64. The van der Waals surface area contributed by atoms with Crippen molar-refractivity contribution in [1.29, 1.82) is 0 Å². The second kappa shape index (κ2) is 3.89. The third-order valence-electron chi connectivity index (χ3n) is 0.371. The molecule has 7 heavy (non-hydrogen) atoms. The SMILES string of the molecule is O=C(O)CNCCl. The molecule has 0 rings (SSSR count). The van der Waals surface area contributed by atoms with Crippen LogP contribution in [0.1, 0.15) is 0 Å². The summed E-state index contributed by atoms with van der Waals surface area (Å²) >= 11 is 5.07. The lowest BCUT2D eigenvalue weighted by molar-refractivity contribution is -0.135. The molecule has 0 fully saturated rings. The summed E-state index contributed by atoms with van der Waals surface area (Å²) in [5, 5.41) is 10.3. The lowest BCUT2D eigenvalue weighted by Crippen LogP contribution is -2.20. The van der Waals surface area contributed by atoms with E-state index in [-0.39, 0.29) is 12.5 Å². The van der Waals surface area contributed by atoms with Crippen LogP contribution in [0.5, 0.6) is 0 Å². The number of alkyl halides is 1. The van der Waals surface area contributed by atoms with Crippen molar-refractivity contribution in [3.63, 3.8) is 0 Å². The number of nitrogens with one attached hydrogen (secondary N) is 1. The first-order valence-corrected chi connectivity index (χ1v) is 2.29. The van der Waals surface area contributed by atoms with Crippen molar-refractivity contribution in [3.8, 4) is 0 Å². The van der Waals surface area contributed by atoms with Crippen LogP contribution in [-0.2, 0) is 4.79 Å². The van der Waals surface area contributed by atoms with Crippen molar-refractivity contribution in [2.75, 3.05) is 12.5 Å². The average molecular weight is 124 g/mol. The van der Waals surface area contributed by atoms with E-state index in [1.54, 1.807) is 0 Å². The molecule has 0 aromatic heterocycles. The molecule has 0 spiro atoms. The molecule has 0 aliphatic heterocycles. The van der Waals surface area contributed by atoms with Gasteiger partial charge in [-0.15, -0.1) is 11.6 Å². The summed E-state index contributed by atoms with van der Waals surface area (Å²) in [5.41, 5.74) is 0. The Morgan fingerprint density at radius 2 is 2.43 bits per heavy atom. The van der Waals surface area contributed by atoms with E-state index in [1.165, 1.54) is 0 Å². The topological polar surface area (TPSA) is 49.3 Å². The number of carboxylic acid groups (broad SMARTS) is 1. The van der Waals surface area contributed by atoms with E-state index < -0.39 is 5.97 Å². The second-order valence-electron chi connectivity index (χ2n) is 0.954. The Morgan fingerprint density at radius 3 is 2.57 bits per heavy atom. The summed E-state index contributed by atoms with van der Waals surface area (Å²) in [7, 11) is 0. The molecule has 42 valence electrons. The molecule has 0 atom stereocenters. The Hall–Kier alpha value is -0.280. The highest BCUT2D eigenvalue weighted by Gasteiger charge is 1.89. The van der Waals surface area contributed by atoms with E-state index in [4.69, 9.17) is 16.7 Å². The fourth-order valence-corrected chi connectivity index (χ4v) is 0.249. The maximum Gasteiger partial charge on any atom is 0.317 e. The normalized spacial score (nSPS) is 8.71. The minimum atomic E-state index is -0.888. The Kier molecular flexibility index (Phi) is 3.74. The van der Waals surface area contributed by atoms with E-state index in [2.05, 4.69) is 5.32 Å². The minimum absolute atomic E-state index is 0.0660. The van der Waals surface area contributed by atoms with Gasteiger partial charge in [-0.05, 0) is 0 Å². The van der Waals surface area contributed by atoms with Crippen molar-refractivity contribution < 1.29 is 9.90 Å². The van der Waals surface area contributed by atoms with Crippen molar-refractivity contribution in [3.05, 3.63) is 0 Å². The van der Waals surface area contributed by atoms with Gasteiger partial charge < -0.3 is 5.11 Å². The molecule has 0 heterocycles. The molecule has 3 nitrogen and oxygen atoms in total. The third-order valence-corrected chi connectivity index (χ3v) is 0.560. The molecule has 0 aromatic carbocycles. The number of hydrogen-bond donors (Lipinski definition) is 2. The van der Waals surface area contributed by atoms with Gasteiger partial charge in [-0.2, -0.15) is 0 Å². The molecule has 0 unspecified atom stereocenters. The summed E-state index contributed by atoms with van der Waals surface area (Å²) < 4.78 is 0. The van der Waals surface area contributed by atoms with Crippen molar-refractivity contribution in [1.82, 2.24) is 5.32 Å². The highest BCUT2D eigenvalue weighted by Crippen LogP contribution is 1.64. The fraction of sp³-hybridized carbons (Fsp3) is 0.667. The fourth-order valence-electron chi connectivity index (χ4n) is 0.154. The van der Waals surface area contributed by atoms with Gasteiger partial charge >= 0.3 is 5.97 Å². The molecule has 0 radical (unpaired) electrons. The van der Waals surface area contributed by atoms with Gasteiger partial charge in [0.05, 0.1) is 12.5 Å². The largest absolute Gasteiger partial charge is 0.480 e. The smallest absolute Gasteiger partial charge is 0.317 e. The van der Waals surface area contributed by atoms with Gasteiger partial charge in [0.2, 0.25) is 0 Å². The van der Waals surface area contributed by atoms with Gasteiger partial charge in [0.15, 0.2) is 0 Å². The van der Waals surface area contributed by atoms with E-state index in [0.29, 0.717) is 0 Å². The lowest BCUT2D eigenvalue weighted by Gasteiger charge is -1.89. The molecule has 0 aliphatic carbocycles. The minimum Gasteiger partial charge on any atom is -0.480 e. The molecule has 0 saturated heterocycles. The van der Waals surface area contributed by atoms with Gasteiger partial charge in [0.1, 0.15) is 0 Å². The van der Waals surface area contributed by atoms with Gasteiger partial charge in [-0.3, -0.25) is 10.1 Å². The summed E-state index contributed by atoms with van der Waals surface area (Å²) in [6.07, 6.45) is 0. The van der Waals surface area contributed by atoms with E-state index in [1.807, 2.05) is 0 Å². The van der Waals surface area contributed by atoms with Gasteiger partial charge in [-0.25, -0.2) is 0 Å². The van der Waals surface area contributed by atoms with Crippen LogP contribution in [0.25, 0.3) is 0 Å². The van der Waals surface area contributed by atoms with Crippen LogP contribution in [0.2, 0.25) is 0 Å². The molecule has 0 aromatic rings. The van der Waals surface area contributed by atoms with Gasteiger partial charge in [0, 0.05) is 0 Å². The number of carbonyl (C=O) groups is 1. The van der Waals surface area contributed by atoms with Gasteiger partial charge in [0.25, 0.3) is 0 Å². The highest BCUT2D eigenvalue weighted by molar-refractivity contribution is 6.17. The van der Waals surface area contributed by atoms with Gasteiger partial charge in [-0.1, -0.05) is 0 Å². The predicted molar refractivity (Wildman–Crippen MR) is 26.4 cm³/mol. The standard InChI is InChI=1S/C3H6ClNO2/c4-2-5-1-3(6)7/h5H,1-2H2,(H,6,7). The maximum absolute atomic E-state index is 9.64. The second-order valence-corrected chi connectivity index (χ2v) is 1.22. The van der Waals surface area contributed by atoms with Crippen LogP contribution in [-0.4, -0.2) is 23.6 Å². The average Bonchev–Trinajstić information content (AvgIpc) is 1.61. The maximum atomic E-state index is 9.64. The zero-order chi connectivity index (χ0) is 5.70. The summed E-state index contributed by atoms with van der Waals surface area (Å²) in [6.45, 7) is -0.0660. The molecule has 0 saturated carbocycles. The number of rotatable bonds is 3. The molecular weight excluding hydrogens is 117 g/mol. The third kappa shape index (κ3) is 5.72. The first kappa shape index (κ1) is 6.72. The molecular formula is C3H6ClNO2. The van der Waals surface area contributed by atoms with E-state index in [0.717, 1.165) is 0 Å². The van der Waals surface area contributed by atoms with Crippen LogP contribution in [0.3, 0.4) is 0 Å². The zero-order valence-electron chi connectivity index (χ0n) is 3.65. The monoisotopic (exact) mass is 123 g/mol. The Balaban J connectivity index is 2.82. The van der Waals surface area contributed by atoms with Crippen molar-refractivity contribution >= 4 is 17.6 Å². The Bertz CT molecular complexity index is 66.0. The van der Waals surface area contributed by atoms with Crippen molar-refractivity contribution in [2.24, 2.45) is 0 Å². The zero-order valence-corrected chi connectivity index (χ0v) is 4.40. The molecule has 2 N–H and O–H groups in total. The number of hydrogen-bond acceptors (Lipinski definition) is 2. The quantitative estimate of drug-likeness (QED) is 0.406. The summed E-state index contributed by atoms with van der Waals surface area (Å²) in [5.74, 6) is -0.888. The highest BCUT2D eigenvalue weighted by atomic mass is 35.5. The van der Waals surface area contributed by atoms with Crippen molar-refractivity contribution in [2.45, 2.75) is 0 Å². The Labute approximate surface area is 46.3 Å². The van der Waals surface area contributed by atoms with Crippen LogP contribution >= 0.6 is 11.6 Å². The molecule has 0 amide bonds. The molecule has 0 bridgehead atoms. The first-order chi connectivity index (χ1) is 3.27. The number of halogens is 1. The van der Waals surface area contributed by atoms with Crippen LogP contribution in [0.15, 0.2) is 0 Å². The molecule has 0 aliphatic rings. The van der Waals surface area contributed by atoms with E-state index in [9.17, 15) is 4.79 Å². The van der Waals surface area contributed by atoms with Crippen LogP contribution in [0.4, 0.5) is 0 Å². The Morgan fingerprint density at radius 1 is 1.86 bits per heavy atom. The molecule has 4 heteroatoms. The predicted octanol–water partition coefficient (Wildman–Crippen LogP) is -0.143. The van der Waals surface area contributed by atoms with Crippen LogP contribution < -0.4 is 5.32 Å². The number of aliphatic carboxylic acids is 1. The van der Waals surface area contributed by atoms with Crippen LogP contribution in [0, 0.1) is 0 Å². The first-order valence-electron chi connectivity index (χ1n) is 1.76. The van der Waals surface area contributed by atoms with E-state index >= 15 is 0 Å². The number of carboxylic acids is 1. The lowest BCUT2D eigenvalue weighted by atomic mass is 10.7. The summed E-state index contributed by atoms with van der Waals surface area (Å²) in [6, 6.07) is 0.187.